The normalized spacial score (nSPS) is 13.6. The lowest BCUT2D eigenvalue weighted by molar-refractivity contribution is 0.813. The molecule has 1 heterocycles. The summed E-state index contributed by atoms with van der Waals surface area (Å²) in [5.41, 5.74) is 12.3. The molecule has 2 nitrogen and oxygen atoms in total. The maximum Gasteiger partial charge on any atom is 0.0420 e. The Morgan fingerprint density at radius 3 is 2.74 bits per heavy atom. The van der Waals surface area contributed by atoms with Crippen molar-refractivity contribution in [1.29, 1.82) is 0 Å². The molecule has 0 radical (unpaired) electrons. The summed E-state index contributed by atoms with van der Waals surface area (Å²) in [4.78, 5) is 2.46. The lowest BCUT2D eigenvalue weighted by atomic mass is 10.1. The number of nitrogens with two attached hydrogens (primary N) is 1. The molecule has 3 rings (SSSR count). The first-order valence-electron chi connectivity index (χ1n) is 6.92. The molecule has 0 saturated carbocycles. The van der Waals surface area contributed by atoms with Crippen LogP contribution in [0.25, 0.3) is 0 Å². The highest BCUT2D eigenvalue weighted by atomic mass is 15.1. The monoisotopic (exact) mass is 252 g/mol. The van der Waals surface area contributed by atoms with Gasteiger partial charge in [-0.1, -0.05) is 36.4 Å². The molecule has 0 saturated heterocycles. The van der Waals surface area contributed by atoms with Gasteiger partial charge in [-0.15, -0.1) is 0 Å². The predicted octanol–water partition coefficient (Wildman–Crippen LogP) is 3.18. The van der Waals surface area contributed by atoms with E-state index in [0.717, 1.165) is 31.6 Å². The average Bonchev–Trinajstić information content (AvgIpc) is 2.80. The van der Waals surface area contributed by atoms with Crippen molar-refractivity contribution in [2.45, 2.75) is 19.8 Å². The summed E-state index contributed by atoms with van der Waals surface area (Å²) in [6, 6.07) is 15.1. The van der Waals surface area contributed by atoms with Crippen molar-refractivity contribution in [2.24, 2.45) is 0 Å². The van der Waals surface area contributed by atoms with E-state index in [1.807, 2.05) is 0 Å². The van der Waals surface area contributed by atoms with Gasteiger partial charge in [-0.25, -0.2) is 0 Å². The highest BCUT2D eigenvalue weighted by Gasteiger charge is 2.19. The van der Waals surface area contributed by atoms with Crippen LogP contribution in [0.15, 0.2) is 42.5 Å². The molecule has 0 aliphatic carbocycles. The Morgan fingerprint density at radius 2 is 1.95 bits per heavy atom. The number of fused-ring (bicyclic) bond motifs is 1. The topological polar surface area (TPSA) is 29.3 Å². The molecule has 0 bridgehead atoms. The van der Waals surface area contributed by atoms with Gasteiger partial charge in [0.1, 0.15) is 0 Å². The Kier molecular flexibility index (Phi) is 3.16. The molecule has 2 N–H and O–H groups in total. The van der Waals surface area contributed by atoms with E-state index in [9.17, 15) is 0 Å². The lowest BCUT2D eigenvalue weighted by Crippen LogP contribution is -2.23. The van der Waals surface area contributed by atoms with Gasteiger partial charge in [-0.05, 0) is 42.5 Å². The fraction of sp³-hybridized carbons (Fsp3) is 0.294. The number of benzene rings is 2. The SMILES string of the molecule is Cc1cc2c(cc1N)N(CCc1ccccc1)CC2. The summed E-state index contributed by atoms with van der Waals surface area (Å²) in [6.07, 6.45) is 2.24. The summed E-state index contributed by atoms with van der Waals surface area (Å²) >= 11 is 0. The minimum Gasteiger partial charge on any atom is -0.398 e. The van der Waals surface area contributed by atoms with E-state index in [2.05, 4.69) is 54.3 Å². The number of nitrogens with zero attached hydrogens (tertiary/aromatic N) is 1. The maximum absolute atomic E-state index is 6.04. The molecule has 0 unspecified atom stereocenters. The van der Waals surface area contributed by atoms with E-state index in [1.165, 1.54) is 22.4 Å². The standard InChI is InChI=1S/C17H20N2/c1-13-11-15-8-10-19(17(15)12-16(13)18)9-7-14-5-3-2-4-6-14/h2-6,11-12H,7-10,18H2,1H3. The molecular weight excluding hydrogens is 232 g/mol. The third-order valence-electron chi connectivity index (χ3n) is 3.97. The van der Waals surface area contributed by atoms with Crippen LogP contribution in [0.4, 0.5) is 11.4 Å². The number of hydrogen-bond acceptors (Lipinski definition) is 2. The summed E-state index contributed by atoms with van der Waals surface area (Å²) < 4.78 is 0. The van der Waals surface area contributed by atoms with Crippen LogP contribution < -0.4 is 10.6 Å². The summed E-state index contributed by atoms with van der Waals surface area (Å²) in [5.74, 6) is 0. The van der Waals surface area contributed by atoms with Crippen molar-refractivity contribution in [3.8, 4) is 0 Å². The van der Waals surface area contributed by atoms with Crippen molar-refractivity contribution in [2.75, 3.05) is 23.7 Å². The Hall–Kier alpha value is -1.96. The van der Waals surface area contributed by atoms with Crippen molar-refractivity contribution < 1.29 is 0 Å². The van der Waals surface area contributed by atoms with E-state index in [1.54, 1.807) is 0 Å². The van der Waals surface area contributed by atoms with E-state index in [4.69, 9.17) is 5.73 Å². The largest absolute Gasteiger partial charge is 0.398 e. The van der Waals surface area contributed by atoms with Crippen molar-refractivity contribution >= 4 is 11.4 Å². The smallest absolute Gasteiger partial charge is 0.0420 e. The first-order valence-corrected chi connectivity index (χ1v) is 6.92. The van der Waals surface area contributed by atoms with E-state index >= 15 is 0 Å². The number of hydrogen-bond donors (Lipinski definition) is 1. The number of rotatable bonds is 3. The highest BCUT2D eigenvalue weighted by Crippen LogP contribution is 2.31. The second-order valence-electron chi connectivity index (χ2n) is 5.31. The van der Waals surface area contributed by atoms with Crippen molar-refractivity contribution in [1.82, 2.24) is 0 Å². The van der Waals surface area contributed by atoms with Crippen LogP contribution in [0.1, 0.15) is 16.7 Å². The highest BCUT2D eigenvalue weighted by molar-refractivity contribution is 5.67. The van der Waals surface area contributed by atoms with Crippen molar-refractivity contribution in [3.63, 3.8) is 0 Å². The molecule has 98 valence electrons. The van der Waals surface area contributed by atoms with E-state index < -0.39 is 0 Å². The molecule has 0 atom stereocenters. The van der Waals surface area contributed by atoms with Crippen molar-refractivity contribution in [3.05, 3.63) is 59.2 Å². The molecule has 1 aliphatic heterocycles. The third kappa shape index (κ3) is 2.43. The number of anilines is 2. The molecule has 0 spiro atoms. The zero-order valence-electron chi connectivity index (χ0n) is 11.4. The fourth-order valence-electron chi connectivity index (χ4n) is 2.78. The third-order valence-corrected chi connectivity index (χ3v) is 3.97. The van der Waals surface area contributed by atoms with E-state index in [0.29, 0.717) is 0 Å². The quantitative estimate of drug-likeness (QED) is 0.850. The van der Waals surface area contributed by atoms with Gasteiger partial charge >= 0.3 is 0 Å². The van der Waals surface area contributed by atoms with Crippen LogP contribution in [0.2, 0.25) is 0 Å². The van der Waals surface area contributed by atoms with Crippen LogP contribution in [-0.4, -0.2) is 13.1 Å². The zero-order chi connectivity index (χ0) is 13.2. The first kappa shape index (κ1) is 12.1. The van der Waals surface area contributed by atoms with Crippen LogP contribution in [-0.2, 0) is 12.8 Å². The average molecular weight is 252 g/mol. The second kappa shape index (κ2) is 4.96. The van der Waals surface area contributed by atoms with E-state index in [-0.39, 0.29) is 0 Å². The predicted molar refractivity (Wildman–Crippen MR) is 81.7 cm³/mol. The van der Waals surface area contributed by atoms with Gasteiger partial charge < -0.3 is 10.6 Å². The summed E-state index contributed by atoms with van der Waals surface area (Å²) in [5, 5.41) is 0. The number of nitrogen functional groups attached to an aromatic ring is 1. The van der Waals surface area contributed by atoms with Gasteiger partial charge in [0.25, 0.3) is 0 Å². The summed E-state index contributed by atoms with van der Waals surface area (Å²) in [7, 11) is 0. The second-order valence-corrected chi connectivity index (χ2v) is 5.31. The Bertz CT molecular complexity index is 575. The molecular formula is C17H20N2. The lowest BCUT2D eigenvalue weighted by Gasteiger charge is -2.20. The van der Waals surface area contributed by atoms with Crippen LogP contribution in [0.5, 0.6) is 0 Å². The molecule has 2 aromatic rings. The minimum atomic E-state index is 0.908. The Labute approximate surface area is 114 Å². The van der Waals surface area contributed by atoms with Gasteiger partial charge in [0.2, 0.25) is 0 Å². The van der Waals surface area contributed by atoms with Crippen LogP contribution in [0, 0.1) is 6.92 Å². The minimum absolute atomic E-state index is 0.908. The van der Waals surface area contributed by atoms with Crippen LogP contribution >= 0.6 is 0 Å². The first-order chi connectivity index (χ1) is 9.24. The van der Waals surface area contributed by atoms with Gasteiger partial charge in [-0.2, -0.15) is 0 Å². The van der Waals surface area contributed by atoms with Gasteiger partial charge in [0, 0.05) is 24.5 Å². The summed E-state index contributed by atoms with van der Waals surface area (Å²) in [6.45, 7) is 4.27. The number of aryl methyl sites for hydroxylation is 1. The van der Waals surface area contributed by atoms with Crippen LogP contribution in [0.3, 0.4) is 0 Å². The zero-order valence-corrected chi connectivity index (χ0v) is 11.4. The molecule has 2 aromatic carbocycles. The fourth-order valence-corrected chi connectivity index (χ4v) is 2.78. The maximum atomic E-state index is 6.04. The Balaban J connectivity index is 1.74. The molecule has 2 heteroatoms. The molecule has 19 heavy (non-hydrogen) atoms. The molecule has 0 aromatic heterocycles. The molecule has 1 aliphatic rings. The Morgan fingerprint density at radius 1 is 1.16 bits per heavy atom. The molecule has 0 amide bonds. The molecule has 0 fully saturated rings. The van der Waals surface area contributed by atoms with Gasteiger partial charge in [-0.3, -0.25) is 0 Å². The van der Waals surface area contributed by atoms with Gasteiger partial charge in [0.15, 0.2) is 0 Å². The van der Waals surface area contributed by atoms with Gasteiger partial charge in [0.05, 0.1) is 0 Å².